The molecule has 1 aromatic rings. The number of aliphatic carboxylic acids is 1. The minimum Gasteiger partial charge on any atom is -0.481 e. The van der Waals surface area contributed by atoms with Crippen LogP contribution in [0.25, 0.3) is 0 Å². The van der Waals surface area contributed by atoms with E-state index in [0.717, 1.165) is 18.5 Å². The van der Waals surface area contributed by atoms with Gasteiger partial charge in [-0.2, -0.15) is 0 Å². The average Bonchev–Trinajstić information content (AvgIpc) is 3.17. The molecule has 3 atom stereocenters. The van der Waals surface area contributed by atoms with E-state index in [4.69, 9.17) is 0 Å². The van der Waals surface area contributed by atoms with Gasteiger partial charge in [0.15, 0.2) is 0 Å². The fourth-order valence-electron chi connectivity index (χ4n) is 4.67. The molecule has 1 aromatic carbocycles. The van der Waals surface area contributed by atoms with Crippen molar-refractivity contribution >= 4 is 29.2 Å². The molecular weight excluding hydrogens is 334 g/mol. The number of nitrogens with zero attached hydrogens (tertiary/aromatic N) is 2. The number of nitrogens with one attached hydrogen (secondary N) is 1. The number of carbonyl (C=O) groups is 3. The van der Waals surface area contributed by atoms with E-state index in [1.807, 2.05) is 24.9 Å². The Morgan fingerprint density at radius 2 is 2.12 bits per heavy atom. The minimum atomic E-state index is -0.788. The zero-order chi connectivity index (χ0) is 18.6. The van der Waals surface area contributed by atoms with Gasteiger partial charge in [0, 0.05) is 25.7 Å². The molecule has 2 N–H and O–H groups in total. The molecule has 2 aliphatic heterocycles. The van der Waals surface area contributed by atoms with Crippen molar-refractivity contribution in [2.45, 2.75) is 32.2 Å². The highest BCUT2D eigenvalue weighted by Crippen LogP contribution is 2.49. The second-order valence-electron chi connectivity index (χ2n) is 7.74. The van der Waals surface area contributed by atoms with Crippen LogP contribution in [-0.2, 0) is 9.59 Å². The maximum absolute atomic E-state index is 13.0. The van der Waals surface area contributed by atoms with Crippen LogP contribution in [0.4, 0.5) is 11.4 Å². The van der Waals surface area contributed by atoms with Gasteiger partial charge in [-0.05, 0) is 43.9 Å². The van der Waals surface area contributed by atoms with Crippen LogP contribution in [0.2, 0.25) is 0 Å². The van der Waals surface area contributed by atoms with Crippen LogP contribution in [0, 0.1) is 11.3 Å². The first-order chi connectivity index (χ1) is 12.3. The van der Waals surface area contributed by atoms with Crippen molar-refractivity contribution in [3.63, 3.8) is 0 Å². The third kappa shape index (κ3) is 2.29. The van der Waals surface area contributed by atoms with Gasteiger partial charge in [0.1, 0.15) is 6.04 Å². The van der Waals surface area contributed by atoms with E-state index in [1.54, 1.807) is 17.0 Å². The molecule has 4 rings (SSSR count). The molecule has 1 saturated carbocycles. The van der Waals surface area contributed by atoms with Crippen molar-refractivity contribution in [3.8, 4) is 0 Å². The summed E-state index contributed by atoms with van der Waals surface area (Å²) >= 11 is 0. The zero-order valence-electron chi connectivity index (χ0n) is 15.0. The van der Waals surface area contributed by atoms with Crippen molar-refractivity contribution in [1.29, 1.82) is 0 Å². The Hall–Kier alpha value is -2.57. The molecule has 1 aliphatic carbocycles. The van der Waals surface area contributed by atoms with Gasteiger partial charge in [0.2, 0.25) is 5.91 Å². The van der Waals surface area contributed by atoms with Gasteiger partial charge in [-0.1, -0.05) is 6.42 Å². The standard InChI is InChI=1S/C19H23N3O4/c1-11-16(23)20-14-8-12(5-6-15(14)21(11)2)17(24)22-9-13-4-3-7-19(13,10-22)18(25)26/h5-6,8,11,13H,3-4,7,9-10H2,1-2H3,(H,20,23)(H,25,26)/t11?,13-,19+/m0/s1. The predicted octanol–water partition coefficient (Wildman–Crippen LogP) is 1.79. The number of likely N-dealkylation sites (tertiary alicyclic amines) is 1. The smallest absolute Gasteiger partial charge is 0.311 e. The maximum atomic E-state index is 13.0. The summed E-state index contributed by atoms with van der Waals surface area (Å²) in [6.07, 6.45) is 2.41. The summed E-state index contributed by atoms with van der Waals surface area (Å²) < 4.78 is 0. The van der Waals surface area contributed by atoms with Gasteiger partial charge in [0.05, 0.1) is 16.8 Å². The van der Waals surface area contributed by atoms with Gasteiger partial charge in [-0.15, -0.1) is 0 Å². The molecule has 1 unspecified atom stereocenters. The Morgan fingerprint density at radius 3 is 2.81 bits per heavy atom. The number of likely N-dealkylation sites (N-methyl/N-ethyl adjacent to an activating group) is 1. The number of benzene rings is 1. The molecule has 0 spiro atoms. The summed E-state index contributed by atoms with van der Waals surface area (Å²) in [5, 5.41) is 12.5. The molecule has 2 fully saturated rings. The number of hydrogen-bond acceptors (Lipinski definition) is 4. The third-order valence-electron chi connectivity index (χ3n) is 6.43. The monoisotopic (exact) mass is 357 g/mol. The van der Waals surface area contributed by atoms with E-state index < -0.39 is 11.4 Å². The van der Waals surface area contributed by atoms with Crippen LogP contribution >= 0.6 is 0 Å². The molecule has 2 heterocycles. The molecule has 7 heteroatoms. The molecule has 0 bridgehead atoms. The number of hydrogen-bond donors (Lipinski definition) is 2. The number of fused-ring (bicyclic) bond motifs is 2. The van der Waals surface area contributed by atoms with Crippen molar-refractivity contribution in [1.82, 2.24) is 4.90 Å². The summed E-state index contributed by atoms with van der Waals surface area (Å²) in [5.41, 5.74) is 1.18. The second-order valence-corrected chi connectivity index (χ2v) is 7.74. The molecule has 1 saturated heterocycles. The largest absolute Gasteiger partial charge is 0.481 e. The lowest BCUT2D eigenvalue weighted by Crippen LogP contribution is -2.44. The summed E-state index contributed by atoms with van der Waals surface area (Å²) in [6, 6.07) is 5.02. The molecule has 138 valence electrons. The fraction of sp³-hybridized carbons (Fsp3) is 0.526. The maximum Gasteiger partial charge on any atom is 0.311 e. The van der Waals surface area contributed by atoms with E-state index >= 15 is 0 Å². The first kappa shape index (κ1) is 16.9. The predicted molar refractivity (Wildman–Crippen MR) is 96.3 cm³/mol. The SMILES string of the molecule is CC1C(=O)Nc2cc(C(=O)N3C[C@@H]4CCC[C@@]4(C(=O)O)C3)ccc2N1C. The highest BCUT2D eigenvalue weighted by molar-refractivity contribution is 6.05. The Balaban J connectivity index is 1.60. The van der Waals surface area contributed by atoms with E-state index in [0.29, 0.717) is 24.2 Å². The van der Waals surface area contributed by atoms with Crippen molar-refractivity contribution in [3.05, 3.63) is 23.8 Å². The van der Waals surface area contributed by atoms with Gasteiger partial charge >= 0.3 is 5.97 Å². The van der Waals surface area contributed by atoms with E-state index in [2.05, 4.69) is 5.32 Å². The molecule has 2 amide bonds. The van der Waals surface area contributed by atoms with Crippen molar-refractivity contribution < 1.29 is 19.5 Å². The summed E-state index contributed by atoms with van der Waals surface area (Å²) in [4.78, 5) is 40.4. The number of rotatable bonds is 2. The quantitative estimate of drug-likeness (QED) is 0.842. The van der Waals surface area contributed by atoms with E-state index in [9.17, 15) is 19.5 Å². The molecule has 7 nitrogen and oxygen atoms in total. The Morgan fingerprint density at radius 1 is 1.35 bits per heavy atom. The number of anilines is 2. The molecule has 0 radical (unpaired) electrons. The Bertz CT molecular complexity index is 808. The van der Waals surface area contributed by atoms with Crippen LogP contribution in [0.1, 0.15) is 36.5 Å². The van der Waals surface area contributed by atoms with Crippen LogP contribution < -0.4 is 10.2 Å². The van der Waals surface area contributed by atoms with Crippen LogP contribution in [0.15, 0.2) is 18.2 Å². The van der Waals surface area contributed by atoms with Crippen LogP contribution in [-0.4, -0.2) is 54.0 Å². The van der Waals surface area contributed by atoms with Gasteiger partial charge in [-0.25, -0.2) is 0 Å². The molecular formula is C19H23N3O4. The van der Waals surface area contributed by atoms with Gasteiger partial charge in [-0.3, -0.25) is 14.4 Å². The average molecular weight is 357 g/mol. The molecule has 3 aliphatic rings. The lowest BCUT2D eigenvalue weighted by atomic mass is 9.81. The van der Waals surface area contributed by atoms with Crippen molar-refractivity contribution in [2.75, 3.05) is 30.4 Å². The number of carboxylic acids is 1. The third-order valence-corrected chi connectivity index (χ3v) is 6.43. The number of carbonyl (C=O) groups excluding carboxylic acids is 2. The highest BCUT2D eigenvalue weighted by atomic mass is 16.4. The summed E-state index contributed by atoms with van der Waals surface area (Å²) in [6.45, 7) is 2.59. The first-order valence-corrected chi connectivity index (χ1v) is 9.04. The van der Waals surface area contributed by atoms with E-state index in [1.165, 1.54) is 0 Å². The van der Waals surface area contributed by atoms with Crippen LogP contribution in [0.5, 0.6) is 0 Å². The lowest BCUT2D eigenvalue weighted by molar-refractivity contribution is -0.149. The minimum absolute atomic E-state index is 0.0354. The number of amides is 2. The first-order valence-electron chi connectivity index (χ1n) is 9.04. The molecule has 26 heavy (non-hydrogen) atoms. The second kappa shape index (κ2) is 5.72. The van der Waals surface area contributed by atoms with Crippen molar-refractivity contribution in [2.24, 2.45) is 11.3 Å². The highest BCUT2D eigenvalue weighted by Gasteiger charge is 2.55. The normalized spacial score (nSPS) is 30.0. The topological polar surface area (TPSA) is 90.0 Å². The fourth-order valence-corrected chi connectivity index (χ4v) is 4.67. The Kier molecular flexibility index (Phi) is 3.71. The molecule has 0 aromatic heterocycles. The zero-order valence-corrected chi connectivity index (χ0v) is 15.0. The summed E-state index contributed by atoms with van der Waals surface area (Å²) in [7, 11) is 1.85. The number of carboxylic acid groups (broad SMARTS) is 1. The summed E-state index contributed by atoms with van der Waals surface area (Å²) in [5.74, 6) is -1.03. The van der Waals surface area contributed by atoms with Gasteiger partial charge in [0.25, 0.3) is 5.91 Å². The lowest BCUT2D eigenvalue weighted by Gasteiger charge is -2.33. The van der Waals surface area contributed by atoms with Gasteiger partial charge < -0.3 is 20.2 Å². The van der Waals surface area contributed by atoms with E-state index in [-0.39, 0.29) is 30.3 Å². The Labute approximate surface area is 152 Å². The van der Waals surface area contributed by atoms with Crippen LogP contribution in [0.3, 0.4) is 0 Å².